The van der Waals surface area contributed by atoms with Crippen LogP contribution in [0.15, 0.2) is 29.2 Å². The Bertz CT molecular complexity index is 435. The number of methoxy groups -OCH3 is 1. The second kappa shape index (κ2) is 5.97. The molecule has 1 saturated carbocycles. The third-order valence-corrected chi connectivity index (χ3v) is 4.97. The van der Waals surface area contributed by atoms with E-state index in [9.17, 15) is 9.90 Å². The minimum atomic E-state index is -0.423. The first-order valence-corrected chi connectivity index (χ1v) is 7.51. The van der Waals surface area contributed by atoms with Crippen molar-refractivity contribution in [3.05, 3.63) is 29.8 Å². The first-order valence-electron chi connectivity index (χ1n) is 6.52. The van der Waals surface area contributed by atoms with Gasteiger partial charge in [-0.15, -0.1) is 11.8 Å². The molecule has 1 aromatic carbocycles. The van der Waals surface area contributed by atoms with Crippen LogP contribution in [0.3, 0.4) is 0 Å². The lowest BCUT2D eigenvalue weighted by Crippen LogP contribution is -2.12. The van der Waals surface area contributed by atoms with Gasteiger partial charge in [0, 0.05) is 10.6 Å². The summed E-state index contributed by atoms with van der Waals surface area (Å²) in [6.45, 7) is 1.76. The molecular formula is C15H20O3S. The van der Waals surface area contributed by atoms with Crippen molar-refractivity contribution >= 4 is 17.7 Å². The number of ether oxygens (including phenoxy) is 1. The van der Waals surface area contributed by atoms with Crippen molar-refractivity contribution in [3.63, 3.8) is 0 Å². The minimum absolute atomic E-state index is 0.109. The number of hydrogen-bond donors (Lipinski definition) is 1. The quantitative estimate of drug-likeness (QED) is 0.642. The molecule has 1 aromatic rings. The third-order valence-electron chi connectivity index (χ3n) is 3.61. The zero-order valence-corrected chi connectivity index (χ0v) is 12.2. The van der Waals surface area contributed by atoms with Crippen LogP contribution >= 0.6 is 11.8 Å². The predicted octanol–water partition coefficient (Wildman–Crippen LogP) is 3.18. The molecular weight excluding hydrogens is 260 g/mol. The van der Waals surface area contributed by atoms with Crippen molar-refractivity contribution in [2.75, 3.05) is 12.9 Å². The van der Waals surface area contributed by atoms with Gasteiger partial charge < -0.3 is 9.84 Å². The summed E-state index contributed by atoms with van der Waals surface area (Å²) in [4.78, 5) is 12.5. The fourth-order valence-electron chi connectivity index (χ4n) is 2.01. The Labute approximate surface area is 118 Å². The summed E-state index contributed by atoms with van der Waals surface area (Å²) < 4.78 is 4.74. The fourth-order valence-corrected chi connectivity index (χ4v) is 3.20. The smallest absolute Gasteiger partial charge is 0.306 e. The lowest BCUT2D eigenvalue weighted by Gasteiger charge is -2.13. The van der Waals surface area contributed by atoms with Crippen LogP contribution in [0.1, 0.15) is 37.9 Å². The Kier molecular flexibility index (Phi) is 4.53. The molecule has 0 aromatic heterocycles. The Morgan fingerprint density at radius 2 is 2.05 bits per heavy atom. The number of aliphatic hydroxyl groups excluding tert-OH is 1. The highest BCUT2D eigenvalue weighted by molar-refractivity contribution is 7.99. The van der Waals surface area contributed by atoms with Gasteiger partial charge in [-0.1, -0.05) is 12.1 Å². The van der Waals surface area contributed by atoms with E-state index in [0.29, 0.717) is 6.42 Å². The Morgan fingerprint density at radius 1 is 1.42 bits per heavy atom. The van der Waals surface area contributed by atoms with E-state index in [0.717, 1.165) is 24.2 Å². The molecule has 1 N–H and O–H groups in total. The second-order valence-electron chi connectivity index (χ2n) is 5.29. The van der Waals surface area contributed by atoms with Gasteiger partial charge in [-0.2, -0.15) is 0 Å². The van der Waals surface area contributed by atoms with Gasteiger partial charge in [-0.25, -0.2) is 0 Å². The molecule has 104 valence electrons. The van der Waals surface area contributed by atoms with Gasteiger partial charge in [0.15, 0.2) is 0 Å². The number of carbonyl (C=O) groups is 1. The largest absolute Gasteiger partial charge is 0.469 e. The number of thioether (sulfide) groups is 1. The molecule has 19 heavy (non-hydrogen) atoms. The first kappa shape index (κ1) is 14.4. The van der Waals surface area contributed by atoms with E-state index in [2.05, 4.69) is 0 Å². The van der Waals surface area contributed by atoms with Crippen molar-refractivity contribution in [2.24, 2.45) is 5.41 Å². The molecule has 0 radical (unpaired) electrons. The number of aliphatic hydroxyl groups is 1. The highest BCUT2D eigenvalue weighted by Crippen LogP contribution is 2.52. The van der Waals surface area contributed by atoms with Crippen LogP contribution in [0.25, 0.3) is 0 Å². The molecule has 1 fully saturated rings. The molecule has 3 nitrogen and oxygen atoms in total. The Balaban J connectivity index is 1.87. The van der Waals surface area contributed by atoms with Gasteiger partial charge in [0.05, 0.1) is 19.6 Å². The van der Waals surface area contributed by atoms with Crippen LogP contribution in [0.5, 0.6) is 0 Å². The standard InChI is InChI=1S/C15H20O3S/c1-11(16)12-3-5-13(6-4-12)19-10-15(7-8-15)9-14(17)18-2/h3-6,11,16H,7-10H2,1-2H3/t11-/m1/s1. The van der Waals surface area contributed by atoms with E-state index in [1.54, 1.807) is 18.7 Å². The zero-order valence-electron chi connectivity index (χ0n) is 11.4. The summed E-state index contributed by atoms with van der Waals surface area (Å²) in [5.74, 6) is 0.846. The van der Waals surface area contributed by atoms with Crippen LogP contribution in [-0.2, 0) is 9.53 Å². The van der Waals surface area contributed by atoms with Crippen molar-refractivity contribution < 1.29 is 14.6 Å². The highest BCUT2D eigenvalue weighted by atomic mass is 32.2. The number of benzene rings is 1. The molecule has 0 aliphatic heterocycles. The normalized spacial score (nSPS) is 17.8. The molecule has 0 amide bonds. The topological polar surface area (TPSA) is 46.5 Å². The van der Waals surface area contributed by atoms with E-state index >= 15 is 0 Å². The zero-order chi connectivity index (χ0) is 13.9. The van der Waals surface area contributed by atoms with E-state index in [4.69, 9.17) is 4.74 Å². The summed E-state index contributed by atoms with van der Waals surface area (Å²) in [7, 11) is 1.44. The van der Waals surface area contributed by atoms with Crippen LogP contribution < -0.4 is 0 Å². The summed E-state index contributed by atoms with van der Waals surface area (Å²) in [5, 5.41) is 9.45. The predicted molar refractivity (Wildman–Crippen MR) is 76.1 cm³/mol. The molecule has 4 heteroatoms. The number of esters is 1. The summed E-state index contributed by atoms with van der Waals surface area (Å²) in [6, 6.07) is 7.96. The summed E-state index contributed by atoms with van der Waals surface area (Å²) in [6.07, 6.45) is 2.33. The second-order valence-corrected chi connectivity index (χ2v) is 6.34. The fraction of sp³-hybridized carbons (Fsp3) is 0.533. The summed E-state index contributed by atoms with van der Waals surface area (Å²) in [5.41, 5.74) is 1.08. The highest BCUT2D eigenvalue weighted by Gasteiger charge is 2.44. The maximum atomic E-state index is 11.3. The SMILES string of the molecule is COC(=O)CC1(CSc2ccc([C@@H](C)O)cc2)CC1. The molecule has 0 bridgehead atoms. The maximum absolute atomic E-state index is 11.3. The molecule has 2 rings (SSSR count). The van der Waals surface area contributed by atoms with Crippen LogP contribution in [0.2, 0.25) is 0 Å². The average molecular weight is 280 g/mol. The third kappa shape index (κ3) is 3.98. The number of hydrogen-bond acceptors (Lipinski definition) is 4. The van der Waals surface area contributed by atoms with Gasteiger partial charge in [0.25, 0.3) is 0 Å². The van der Waals surface area contributed by atoms with E-state index in [1.165, 1.54) is 12.0 Å². The van der Waals surface area contributed by atoms with Crippen molar-refractivity contribution in [1.82, 2.24) is 0 Å². The Morgan fingerprint density at radius 3 is 2.53 bits per heavy atom. The molecule has 1 aliphatic rings. The summed E-state index contributed by atoms with van der Waals surface area (Å²) >= 11 is 1.77. The maximum Gasteiger partial charge on any atom is 0.306 e. The average Bonchev–Trinajstić information content (AvgIpc) is 3.17. The molecule has 0 saturated heterocycles. The minimum Gasteiger partial charge on any atom is -0.469 e. The monoisotopic (exact) mass is 280 g/mol. The van der Waals surface area contributed by atoms with E-state index in [-0.39, 0.29) is 11.4 Å². The van der Waals surface area contributed by atoms with Gasteiger partial charge in [0.2, 0.25) is 0 Å². The first-order chi connectivity index (χ1) is 9.04. The van der Waals surface area contributed by atoms with E-state index < -0.39 is 6.10 Å². The molecule has 1 atom stereocenters. The lowest BCUT2D eigenvalue weighted by molar-refractivity contribution is -0.141. The van der Waals surface area contributed by atoms with Crippen molar-refractivity contribution in [3.8, 4) is 0 Å². The molecule has 0 heterocycles. The molecule has 0 unspecified atom stereocenters. The Hall–Kier alpha value is -1.00. The lowest BCUT2D eigenvalue weighted by atomic mass is 10.1. The molecule has 0 spiro atoms. The number of carbonyl (C=O) groups excluding carboxylic acids is 1. The van der Waals surface area contributed by atoms with Gasteiger partial charge in [-0.05, 0) is 42.9 Å². The van der Waals surface area contributed by atoms with Gasteiger partial charge in [-0.3, -0.25) is 4.79 Å². The van der Waals surface area contributed by atoms with Gasteiger partial charge in [0.1, 0.15) is 0 Å². The van der Waals surface area contributed by atoms with Crippen LogP contribution in [0.4, 0.5) is 0 Å². The number of rotatable bonds is 6. The molecule has 1 aliphatic carbocycles. The van der Waals surface area contributed by atoms with Crippen LogP contribution in [0, 0.1) is 5.41 Å². The van der Waals surface area contributed by atoms with Crippen LogP contribution in [-0.4, -0.2) is 23.9 Å². The van der Waals surface area contributed by atoms with E-state index in [1.807, 2.05) is 24.3 Å². The van der Waals surface area contributed by atoms with Crippen molar-refractivity contribution in [2.45, 2.75) is 37.2 Å². The van der Waals surface area contributed by atoms with Gasteiger partial charge >= 0.3 is 5.97 Å². The van der Waals surface area contributed by atoms with Crippen molar-refractivity contribution in [1.29, 1.82) is 0 Å².